The van der Waals surface area contributed by atoms with Gasteiger partial charge in [-0.05, 0) is 43.4 Å². The van der Waals surface area contributed by atoms with Gasteiger partial charge in [0.25, 0.3) is 0 Å². The van der Waals surface area contributed by atoms with Gasteiger partial charge in [0.15, 0.2) is 5.82 Å². The summed E-state index contributed by atoms with van der Waals surface area (Å²) < 4.78 is 4.82. The summed E-state index contributed by atoms with van der Waals surface area (Å²) in [4.78, 5) is 23.6. The van der Waals surface area contributed by atoms with Crippen molar-refractivity contribution in [3.63, 3.8) is 0 Å². The highest BCUT2D eigenvalue weighted by molar-refractivity contribution is 6.39. The monoisotopic (exact) mass is 333 g/mol. The van der Waals surface area contributed by atoms with Crippen LogP contribution in [0.4, 0.5) is 5.82 Å². The zero-order chi connectivity index (χ0) is 16.4. The van der Waals surface area contributed by atoms with E-state index in [2.05, 4.69) is 15.8 Å². The molecule has 6 nitrogen and oxygen atoms in total. The van der Waals surface area contributed by atoms with Gasteiger partial charge in [-0.15, -0.1) is 0 Å². The molecule has 0 saturated heterocycles. The summed E-state index contributed by atoms with van der Waals surface area (Å²) >= 11 is 5.86. The molecule has 1 aromatic heterocycles. The Balaban J connectivity index is 1.46. The molecule has 0 aliphatic heterocycles. The average Bonchev–Trinajstić information content (AvgIpc) is 2.88. The minimum atomic E-state index is -0.742. The Morgan fingerprint density at radius 1 is 1.22 bits per heavy atom. The van der Waals surface area contributed by atoms with E-state index < -0.39 is 11.8 Å². The van der Waals surface area contributed by atoms with Crippen LogP contribution >= 0.6 is 11.6 Å². The topological polar surface area (TPSA) is 84.2 Å². The van der Waals surface area contributed by atoms with Crippen molar-refractivity contribution in [2.75, 3.05) is 5.32 Å². The molecule has 0 unspecified atom stereocenters. The smallest absolute Gasteiger partial charge is 0.314 e. The van der Waals surface area contributed by atoms with Gasteiger partial charge >= 0.3 is 11.8 Å². The normalized spacial score (nSPS) is 19.7. The highest BCUT2D eigenvalue weighted by atomic mass is 35.5. The summed E-state index contributed by atoms with van der Waals surface area (Å²) in [7, 11) is 0. The van der Waals surface area contributed by atoms with Crippen molar-refractivity contribution in [1.82, 2.24) is 10.5 Å². The lowest BCUT2D eigenvalue weighted by atomic mass is 9.76. The van der Waals surface area contributed by atoms with Crippen LogP contribution in [0.25, 0.3) is 0 Å². The number of carbonyl (C=O) groups excluding carboxylic acids is 2. The van der Waals surface area contributed by atoms with E-state index in [9.17, 15) is 9.59 Å². The highest BCUT2D eigenvalue weighted by Gasteiger charge is 2.32. The van der Waals surface area contributed by atoms with Crippen LogP contribution in [0.1, 0.15) is 30.1 Å². The van der Waals surface area contributed by atoms with Gasteiger partial charge in [-0.1, -0.05) is 28.9 Å². The van der Waals surface area contributed by atoms with Crippen molar-refractivity contribution in [1.29, 1.82) is 0 Å². The quantitative estimate of drug-likeness (QED) is 0.846. The molecule has 1 aliphatic carbocycles. The second-order valence-electron chi connectivity index (χ2n) is 5.67. The van der Waals surface area contributed by atoms with E-state index in [1.165, 1.54) is 5.56 Å². The van der Waals surface area contributed by atoms with Crippen molar-refractivity contribution in [3.8, 4) is 0 Å². The molecule has 1 aliphatic rings. The van der Waals surface area contributed by atoms with E-state index in [-0.39, 0.29) is 11.9 Å². The Morgan fingerprint density at radius 2 is 1.91 bits per heavy atom. The molecule has 0 atom stereocenters. The lowest BCUT2D eigenvalue weighted by Crippen LogP contribution is -2.47. The molecule has 1 saturated carbocycles. The number of rotatable bonds is 3. The summed E-state index contributed by atoms with van der Waals surface area (Å²) in [5, 5.41) is 9.43. The first-order valence-electron chi connectivity index (χ1n) is 7.32. The number of hydrogen-bond donors (Lipinski definition) is 2. The van der Waals surface area contributed by atoms with E-state index in [0.717, 1.165) is 12.8 Å². The molecule has 1 aromatic carbocycles. The van der Waals surface area contributed by atoms with Gasteiger partial charge in [0.05, 0.1) is 0 Å². The molecule has 2 N–H and O–H groups in total. The van der Waals surface area contributed by atoms with Crippen LogP contribution in [-0.2, 0) is 9.59 Å². The van der Waals surface area contributed by atoms with Gasteiger partial charge in [-0.3, -0.25) is 14.9 Å². The van der Waals surface area contributed by atoms with Crippen molar-refractivity contribution in [2.45, 2.75) is 31.7 Å². The molecular formula is C16H16ClN3O3. The second kappa shape index (κ2) is 6.42. The number of aromatic nitrogens is 1. The molecule has 3 rings (SSSR count). The maximum absolute atomic E-state index is 11.8. The first-order valence-corrected chi connectivity index (χ1v) is 7.69. The number of nitrogens with zero attached hydrogens (tertiary/aromatic N) is 1. The number of benzene rings is 1. The van der Waals surface area contributed by atoms with Gasteiger partial charge in [0, 0.05) is 17.1 Å². The predicted octanol–water partition coefficient (Wildman–Crippen LogP) is 2.64. The average molecular weight is 334 g/mol. The standard InChI is InChI=1S/C16H16ClN3O3/c1-9-6-14(20-23-9)19-16(22)15(21)18-13-7-11(8-13)10-2-4-12(17)5-3-10/h2-6,11,13H,7-8H2,1H3,(H,18,21)(H,19,20,22). The van der Waals surface area contributed by atoms with E-state index in [4.69, 9.17) is 16.1 Å². The Morgan fingerprint density at radius 3 is 2.52 bits per heavy atom. The minimum Gasteiger partial charge on any atom is -0.360 e. The Kier molecular flexibility index (Phi) is 4.34. The second-order valence-corrected chi connectivity index (χ2v) is 6.10. The highest BCUT2D eigenvalue weighted by Crippen LogP contribution is 2.37. The number of aryl methyl sites for hydroxylation is 1. The van der Waals surface area contributed by atoms with Crippen LogP contribution in [0.3, 0.4) is 0 Å². The number of hydrogen-bond acceptors (Lipinski definition) is 4. The van der Waals surface area contributed by atoms with Crippen LogP contribution < -0.4 is 10.6 Å². The molecule has 0 spiro atoms. The van der Waals surface area contributed by atoms with Gasteiger partial charge in [0.2, 0.25) is 0 Å². The summed E-state index contributed by atoms with van der Waals surface area (Å²) in [5.41, 5.74) is 1.20. The van der Waals surface area contributed by atoms with E-state index >= 15 is 0 Å². The fourth-order valence-corrected chi connectivity index (χ4v) is 2.72. The van der Waals surface area contributed by atoms with Crippen LogP contribution in [0.2, 0.25) is 5.02 Å². The number of anilines is 1. The minimum absolute atomic E-state index is 0.00738. The molecule has 0 radical (unpaired) electrons. The Hall–Kier alpha value is -2.34. The summed E-state index contributed by atoms with van der Waals surface area (Å²) in [6.07, 6.45) is 1.62. The molecule has 120 valence electrons. The third-order valence-electron chi connectivity index (χ3n) is 3.89. The third kappa shape index (κ3) is 3.71. The molecular weight excluding hydrogens is 318 g/mol. The van der Waals surface area contributed by atoms with Crippen LogP contribution in [0.15, 0.2) is 34.9 Å². The Labute approximate surface area is 138 Å². The summed E-state index contributed by atoms with van der Waals surface area (Å²) in [6, 6.07) is 9.25. The van der Waals surface area contributed by atoms with Gasteiger partial charge < -0.3 is 9.84 Å². The molecule has 2 amide bonds. The molecule has 7 heteroatoms. The van der Waals surface area contributed by atoms with E-state index in [1.54, 1.807) is 13.0 Å². The summed E-state index contributed by atoms with van der Waals surface area (Å²) in [6.45, 7) is 1.70. The first-order chi connectivity index (χ1) is 11.0. The number of carbonyl (C=O) groups is 2. The largest absolute Gasteiger partial charge is 0.360 e. The van der Waals surface area contributed by atoms with E-state index in [0.29, 0.717) is 16.7 Å². The van der Waals surface area contributed by atoms with Crippen LogP contribution in [0.5, 0.6) is 0 Å². The zero-order valence-electron chi connectivity index (χ0n) is 12.5. The lowest BCUT2D eigenvalue weighted by molar-refractivity contribution is -0.137. The third-order valence-corrected chi connectivity index (χ3v) is 4.14. The lowest BCUT2D eigenvalue weighted by Gasteiger charge is -2.36. The number of amides is 2. The number of nitrogens with one attached hydrogen (secondary N) is 2. The van der Waals surface area contributed by atoms with Gasteiger partial charge in [0.1, 0.15) is 5.76 Å². The zero-order valence-corrected chi connectivity index (χ0v) is 13.3. The number of halogens is 1. The van der Waals surface area contributed by atoms with Gasteiger partial charge in [-0.25, -0.2) is 0 Å². The summed E-state index contributed by atoms with van der Waals surface area (Å²) in [5.74, 6) is -0.224. The molecule has 2 aromatic rings. The maximum atomic E-state index is 11.8. The predicted molar refractivity (Wildman–Crippen MR) is 85.2 cm³/mol. The van der Waals surface area contributed by atoms with Crippen molar-refractivity contribution >= 4 is 29.2 Å². The van der Waals surface area contributed by atoms with Crippen LogP contribution in [0, 0.1) is 6.92 Å². The SMILES string of the molecule is Cc1cc(NC(=O)C(=O)NC2CC(c3ccc(Cl)cc3)C2)no1. The fourth-order valence-electron chi connectivity index (χ4n) is 2.59. The fraction of sp³-hybridized carbons (Fsp3) is 0.312. The molecule has 1 fully saturated rings. The molecule has 1 heterocycles. The van der Waals surface area contributed by atoms with E-state index in [1.807, 2.05) is 24.3 Å². The first kappa shape index (κ1) is 15.6. The Bertz CT molecular complexity index is 720. The maximum Gasteiger partial charge on any atom is 0.314 e. The van der Waals surface area contributed by atoms with Crippen molar-refractivity contribution < 1.29 is 14.1 Å². The van der Waals surface area contributed by atoms with Gasteiger partial charge in [-0.2, -0.15) is 0 Å². The van der Waals surface area contributed by atoms with Crippen molar-refractivity contribution in [3.05, 3.63) is 46.7 Å². The van der Waals surface area contributed by atoms with Crippen molar-refractivity contribution in [2.24, 2.45) is 0 Å². The molecule has 0 bridgehead atoms. The molecule has 23 heavy (non-hydrogen) atoms. The van der Waals surface area contributed by atoms with Crippen LogP contribution in [-0.4, -0.2) is 23.0 Å².